The van der Waals surface area contributed by atoms with Crippen LogP contribution in [0.25, 0.3) is 11.0 Å². The third-order valence-corrected chi connectivity index (χ3v) is 6.21. The number of benzene rings is 3. The zero-order valence-corrected chi connectivity index (χ0v) is 19.3. The molecule has 0 amide bonds. The number of esters is 1. The predicted molar refractivity (Wildman–Crippen MR) is 130 cm³/mol. The van der Waals surface area contributed by atoms with Gasteiger partial charge >= 0.3 is 11.6 Å². The van der Waals surface area contributed by atoms with E-state index in [4.69, 9.17) is 42.8 Å². The number of para-hydroxylation sites is 1. The van der Waals surface area contributed by atoms with Gasteiger partial charge in [0.1, 0.15) is 34.3 Å². The maximum absolute atomic E-state index is 12.7. The van der Waals surface area contributed by atoms with Crippen LogP contribution in [0.5, 0.6) is 11.5 Å². The predicted octanol–water partition coefficient (Wildman–Crippen LogP) is 5.54. The zero-order valence-electron chi connectivity index (χ0n) is 17.7. The molecule has 0 saturated carbocycles. The molecule has 1 aromatic heterocycles. The number of hydrogen-bond donors (Lipinski definition) is 1. The van der Waals surface area contributed by atoms with Crippen molar-refractivity contribution in [2.75, 3.05) is 0 Å². The molecule has 35 heavy (non-hydrogen) atoms. The summed E-state index contributed by atoms with van der Waals surface area (Å²) < 4.78 is 16.3. The van der Waals surface area contributed by atoms with Gasteiger partial charge in [-0.05, 0) is 30.3 Å². The molecule has 7 nitrogen and oxygen atoms in total. The first-order valence-electron chi connectivity index (χ1n) is 10.3. The molecule has 1 aliphatic heterocycles. The molecule has 0 spiro atoms. The fraction of sp³-hybridized carbons (Fsp3) is 0.0385. The van der Waals surface area contributed by atoms with Gasteiger partial charge in [0.05, 0.1) is 5.92 Å². The van der Waals surface area contributed by atoms with Crippen molar-refractivity contribution < 1.29 is 18.7 Å². The summed E-state index contributed by atoms with van der Waals surface area (Å²) in [7, 11) is 0. The average Bonchev–Trinajstić information content (AvgIpc) is 2.83. The van der Waals surface area contributed by atoms with Gasteiger partial charge in [-0.15, -0.1) is 0 Å². The second-order valence-corrected chi connectivity index (χ2v) is 8.45. The molecule has 1 aliphatic rings. The van der Waals surface area contributed by atoms with Crippen LogP contribution in [0, 0.1) is 11.3 Å². The van der Waals surface area contributed by atoms with Gasteiger partial charge in [-0.3, -0.25) is 0 Å². The molecule has 0 aliphatic carbocycles. The summed E-state index contributed by atoms with van der Waals surface area (Å²) in [6, 6.07) is 19.9. The minimum Gasteiger partial charge on any atom is -0.440 e. The second kappa shape index (κ2) is 8.84. The van der Waals surface area contributed by atoms with Crippen molar-refractivity contribution in [3.8, 4) is 17.6 Å². The molecule has 0 fully saturated rings. The van der Waals surface area contributed by atoms with E-state index >= 15 is 0 Å². The Labute approximate surface area is 208 Å². The van der Waals surface area contributed by atoms with Crippen LogP contribution < -0.4 is 20.8 Å². The summed E-state index contributed by atoms with van der Waals surface area (Å²) in [4.78, 5) is 25.1. The Morgan fingerprint density at radius 1 is 1.03 bits per heavy atom. The molecule has 0 saturated heterocycles. The van der Waals surface area contributed by atoms with Crippen LogP contribution in [0.3, 0.4) is 0 Å². The van der Waals surface area contributed by atoms with Gasteiger partial charge in [0.25, 0.3) is 0 Å². The van der Waals surface area contributed by atoms with Gasteiger partial charge in [0.15, 0.2) is 0 Å². The molecule has 4 aromatic rings. The first kappa shape index (κ1) is 22.5. The molecule has 0 radical (unpaired) electrons. The van der Waals surface area contributed by atoms with Crippen LogP contribution in [-0.4, -0.2) is 5.97 Å². The van der Waals surface area contributed by atoms with E-state index in [1.54, 1.807) is 48.5 Å². The largest absolute Gasteiger partial charge is 0.440 e. The van der Waals surface area contributed by atoms with E-state index in [-0.39, 0.29) is 28.5 Å². The highest BCUT2D eigenvalue weighted by molar-refractivity contribution is 6.36. The number of hydrogen-bond acceptors (Lipinski definition) is 7. The Hall–Kier alpha value is -4.25. The summed E-state index contributed by atoms with van der Waals surface area (Å²) in [5, 5.41) is 11.0. The fourth-order valence-corrected chi connectivity index (χ4v) is 4.56. The second-order valence-electron chi connectivity index (χ2n) is 7.63. The van der Waals surface area contributed by atoms with Crippen LogP contribution in [0.2, 0.25) is 10.0 Å². The first-order valence-corrected chi connectivity index (χ1v) is 11.0. The Kier molecular flexibility index (Phi) is 5.69. The normalized spacial score (nSPS) is 14.7. The molecule has 2 N–H and O–H groups in total. The highest BCUT2D eigenvalue weighted by atomic mass is 35.5. The quantitative estimate of drug-likeness (QED) is 0.221. The lowest BCUT2D eigenvalue weighted by Gasteiger charge is -2.27. The van der Waals surface area contributed by atoms with Crippen molar-refractivity contribution in [2.45, 2.75) is 5.92 Å². The molecule has 2 heterocycles. The number of carbonyl (C=O) groups is 1. The van der Waals surface area contributed by atoms with Crippen molar-refractivity contribution >= 4 is 40.1 Å². The molecule has 1 unspecified atom stereocenters. The third kappa shape index (κ3) is 3.99. The molecular weight excluding hydrogens is 491 g/mol. The minimum atomic E-state index is -0.896. The van der Waals surface area contributed by atoms with Gasteiger partial charge in [-0.25, -0.2) is 9.59 Å². The topological polar surface area (TPSA) is 116 Å². The lowest BCUT2D eigenvalue weighted by atomic mass is 9.83. The third-order valence-electron chi connectivity index (χ3n) is 5.55. The van der Waals surface area contributed by atoms with Crippen molar-refractivity contribution in [1.29, 1.82) is 5.26 Å². The van der Waals surface area contributed by atoms with Gasteiger partial charge in [-0.1, -0.05) is 53.5 Å². The fourth-order valence-electron chi connectivity index (χ4n) is 3.95. The van der Waals surface area contributed by atoms with Crippen molar-refractivity contribution in [1.82, 2.24) is 0 Å². The molecule has 3 aromatic carbocycles. The number of fused-ring (bicyclic) bond motifs is 2. The molecule has 1 atom stereocenters. The molecule has 9 heteroatoms. The summed E-state index contributed by atoms with van der Waals surface area (Å²) in [6.45, 7) is 0. The van der Waals surface area contributed by atoms with Gasteiger partial charge in [-0.2, -0.15) is 5.26 Å². The molecule has 0 bridgehead atoms. The first-order chi connectivity index (χ1) is 16.9. The summed E-state index contributed by atoms with van der Waals surface area (Å²) >= 11 is 12.8. The number of halogens is 2. The van der Waals surface area contributed by atoms with Crippen molar-refractivity contribution in [3.63, 3.8) is 0 Å². The summed E-state index contributed by atoms with van der Waals surface area (Å²) in [5.41, 5.74) is 6.51. The van der Waals surface area contributed by atoms with E-state index in [9.17, 15) is 14.9 Å². The molecule has 172 valence electrons. The SMILES string of the molecule is N#CC1=C(N)Oc2cc(OC(=O)c3cc4ccccc4oc3=O)ccc2C1c1c(Cl)cccc1Cl. The lowest BCUT2D eigenvalue weighted by Crippen LogP contribution is -2.22. The minimum absolute atomic E-state index is 0.0959. The highest BCUT2D eigenvalue weighted by Gasteiger charge is 2.33. The number of nitrogens with two attached hydrogens (primary N) is 1. The van der Waals surface area contributed by atoms with Gasteiger partial charge < -0.3 is 19.6 Å². The van der Waals surface area contributed by atoms with Crippen LogP contribution in [-0.2, 0) is 0 Å². The van der Waals surface area contributed by atoms with E-state index in [0.717, 1.165) is 0 Å². The number of carbonyl (C=O) groups excluding carboxylic acids is 1. The van der Waals surface area contributed by atoms with E-state index in [1.807, 2.05) is 0 Å². The maximum Gasteiger partial charge on any atom is 0.351 e. The van der Waals surface area contributed by atoms with Crippen molar-refractivity contribution in [3.05, 3.63) is 115 Å². The van der Waals surface area contributed by atoms with E-state index < -0.39 is 17.5 Å². The van der Waals surface area contributed by atoms with Crippen LogP contribution in [0.4, 0.5) is 0 Å². The molecular formula is C26H14Cl2N2O5. The number of allylic oxidation sites excluding steroid dienone is 1. The Balaban J connectivity index is 1.53. The summed E-state index contributed by atoms with van der Waals surface area (Å²) in [6.07, 6.45) is 0. The summed E-state index contributed by atoms with van der Waals surface area (Å²) in [5.74, 6) is -1.37. The van der Waals surface area contributed by atoms with E-state index in [2.05, 4.69) is 6.07 Å². The zero-order chi connectivity index (χ0) is 24.7. The number of rotatable bonds is 3. The van der Waals surface area contributed by atoms with Gasteiger partial charge in [0, 0.05) is 32.6 Å². The monoisotopic (exact) mass is 504 g/mol. The average molecular weight is 505 g/mol. The van der Waals surface area contributed by atoms with Crippen molar-refractivity contribution in [2.24, 2.45) is 5.73 Å². The van der Waals surface area contributed by atoms with Crippen LogP contribution in [0.15, 0.2) is 87.4 Å². The number of nitrogens with zero attached hydrogens (tertiary/aromatic N) is 1. The number of ether oxygens (including phenoxy) is 2. The number of nitriles is 1. The highest BCUT2D eigenvalue weighted by Crippen LogP contribution is 2.47. The Bertz CT molecular complexity index is 1630. The van der Waals surface area contributed by atoms with Crippen LogP contribution >= 0.6 is 23.2 Å². The Morgan fingerprint density at radius 3 is 2.51 bits per heavy atom. The standard InChI is InChI=1S/C26H14Cl2N2O5/c27-18-5-3-6-19(28)23(18)22-15-9-8-14(11-21(15)34-24(30)17(22)12-29)33-25(31)16-10-13-4-1-2-7-20(13)35-26(16)32/h1-11,22H,30H2. The van der Waals surface area contributed by atoms with E-state index in [1.165, 1.54) is 18.2 Å². The smallest absolute Gasteiger partial charge is 0.351 e. The van der Waals surface area contributed by atoms with Crippen LogP contribution in [0.1, 0.15) is 27.4 Å². The lowest BCUT2D eigenvalue weighted by molar-refractivity contribution is 0.0730. The molecule has 5 rings (SSSR count). The Morgan fingerprint density at radius 2 is 1.77 bits per heavy atom. The van der Waals surface area contributed by atoms with Gasteiger partial charge in [0.2, 0.25) is 5.88 Å². The van der Waals surface area contributed by atoms with E-state index in [0.29, 0.717) is 32.1 Å². The maximum atomic E-state index is 12.7.